The summed E-state index contributed by atoms with van der Waals surface area (Å²) in [6.45, 7) is 9.85. The quantitative estimate of drug-likeness (QED) is 0.210. The zero-order valence-corrected chi connectivity index (χ0v) is 26.6. The van der Waals surface area contributed by atoms with E-state index in [1.165, 1.54) is 5.56 Å². The molecule has 1 aromatic heterocycles. The number of anilines is 2. The maximum absolute atomic E-state index is 14.6. The molecule has 5 rings (SSSR count). The molecule has 0 bridgehead atoms. The maximum atomic E-state index is 14.6. The van der Waals surface area contributed by atoms with E-state index in [1.54, 1.807) is 0 Å². The van der Waals surface area contributed by atoms with Gasteiger partial charge in [-0.2, -0.15) is 0 Å². The van der Waals surface area contributed by atoms with E-state index >= 15 is 0 Å². The van der Waals surface area contributed by atoms with Crippen molar-refractivity contribution in [3.63, 3.8) is 0 Å². The van der Waals surface area contributed by atoms with Crippen LogP contribution >= 0.6 is 11.6 Å². The molecule has 226 valence electrons. The smallest absolute Gasteiger partial charge is 0.319 e. The van der Waals surface area contributed by atoms with Crippen LogP contribution in [0.15, 0.2) is 72.9 Å². The van der Waals surface area contributed by atoms with Gasteiger partial charge >= 0.3 is 6.03 Å². The third-order valence-corrected chi connectivity index (χ3v) is 8.58. The highest BCUT2D eigenvalue weighted by Crippen LogP contribution is 2.35. The van der Waals surface area contributed by atoms with Crippen molar-refractivity contribution in [2.45, 2.75) is 51.5 Å². The predicted molar refractivity (Wildman–Crippen MR) is 177 cm³/mol. The molecule has 3 amide bonds. The topological polar surface area (TPSA) is 80.5 Å². The number of aromatic amines is 1. The molecule has 1 aliphatic rings. The molecular weight excluding hydrogens is 558 g/mol. The third-order valence-electron chi connectivity index (χ3n) is 8.34. The molecular formula is C35H42ClN5O2. The lowest BCUT2D eigenvalue weighted by molar-refractivity contribution is -0.121. The Bertz CT molecular complexity index is 1600. The fourth-order valence-corrected chi connectivity index (χ4v) is 6.34. The highest BCUT2D eigenvalue weighted by atomic mass is 35.5. The minimum absolute atomic E-state index is 0.00642. The minimum Gasteiger partial charge on any atom is -0.361 e. The first kappa shape index (κ1) is 30.6. The normalized spacial score (nSPS) is 16.6. The highest BCUT2D eigenvalue weighted by molar-refractivity contribution is 6.30. The van der Waals surface area contributed by atoms with Crippen molar-refractivity contribution in [1.82, 2.24) is 15.2 Å². The Hall–Kier alpha value is -3.81. The molecule has 0 aliphatic carbocycles. The molecule has 43 heavy (non-hydrogen) atoms. The van der Waals surface area contributed by atoms with Crippen LogP contribution in [0.25, 0.3) is 10.9 Å². The molecule has 0 saturated carbocycles. The Labute approximate surface area is 259 Å². The molecule has 1 aliphatic heterocycles. The zero-order valence-electron chi connectivity index (χ0n) is 25.9. The molecule has 7 nitrogen and oxygen atoms in total. The molecule has 2 heterocycles. The Kier molecular flexibility index (Phi) is 8.86. The molecule has 3 atom stereocenters. The van der Waals surface area contributed by atoms with Crippen molar-refractivity contribution in [3.05, 3.63) is 94.6 Å². The van der Waals surface area contributed by atoms with Gasteiger partial charge in [0.2, 0.25) is 5.91 Å². The lowest BCUT2D eigenvalue weighted by Crippen LogP contribution is -2.55. The summed E-state index contributed by atoms with van der Waals surface area (Å²) < 4.78 is 0. The summed E-state index contributed by atoms with van der Waals surface area (Å²) in [7, 11) is 4.09. The van der Waals surface area contributed by atoms with Gasteiger partial charge in [0.25, 0.3) is 0 Å². The summed E-state index contributed by atoms with van der Waals surface area (Å²) in [5.74, 6) is -0.241. The number of fused-ring (bicyclic) bond motifs is 2. The second kappa shape index (κ2) is 12.4. The van der Waals surface area contributed by atoms with Crippen molar-refractivity contribution < 1.29 is 9.59 Å². The molecule has 0 spiro atoms. The van der Waals surface area contributed by atoms with Crippen LogP contribution in [-0.4, -0.2) is 55.0 Å². The van der Waals surface area contributed by atoms with Crippen molar-refractivity contribution >= 4 is 45.8 Å². The van der Waals surface area contributed by atoms with Crippen LogP contribution in [0.1, 0.15) is 50.3 Å². The number of halogens is 1. The van der Waals surface area contributed by atoms with Gasteiger partial charge in [-0.15, -0.1) is 0 Å². The average molecular weight is 600 g/mol. The summed E-state index contributed by atoms with van der Waals surface area (Å²) in [5.41, 5.74) is 5.70. The van der Waals surface area contributed by atoms with Crippen LogP contribution in [0.2, 0.25) is 5.02 Å². The predicted octanol–water partition coefficient (Wildman–Crippen LogP) is 7.18. The number of urea groups is 1. The molecule has 4 aromatic rings. The number of carbonyl (C=O) groups excluding carboxylic acids is 2. The number of nitrogens with zero attached hydrogens (tertiary/aromatic N) is 2. The number of aromatic nitrogens is 1. The first-order valence-electron chi connectivity index (χ1n) is 14.9. The van der Waals surface area contributed by atoms with Crippen LogP contribution in [0.3, 0.4) is 0 Å². The minimum atomic E-state index is -0.824. The van der Waals surface area contributed by atoms with Crippen molar-refractivity contribution in [3.8, 4) is 0 Å². The number of nitrogens with one attached hydrogen (secondary N) is 3. The van der Waals surface area contributed by atoms with E-state index < -0.39 is 12.1 Å². The molecule has 3 N–H and O–H groups in total. The number of amides is 3. The van der Waals surface area contributed by atoms with Gasteiger partial charge in [0.15, 0.2) is 0 Å². The Balaban J connectivity index is 1.47. The van der Waals surface area contributed by atoms with E-state index in [4.69, 9.17) is 11.6 Å². The van der Waals surface area contributed by atoms with E-state index in [-0.39, 0.29) is 23.2 Å². The summed E-state index contributed by atoms with van der Waals surface area (Å²) in [5, 5.41) is 7.70. The molecule has 8 heteroatoms. The number of H-pyrrole nitrogens is 1. The van der Waals surface area contributed by atoms with Gasteiger partial charge in [-0.1, -0.05) is 69.6 Å². The molecule has 0 saturated heterocycles. The van der Waals surface area contributed by atoms with E-state index in [0.717, 1.165) is 40.7 Å². The number of benzene rings is 3. The van der Waals surface area contributed by atoms with Crippen LogP contribution in [0, 0.1) is 5.92 Å². The van der Waals surface area contributed by atoms with E-state index in [9.17, 15) is 9.59 Å². The van der Waals surface area contributed by atoms with Crippen molar-refractivity contribution in [2.24, 2.45) is 5.92 Å². The van der Waals surface area contributed by atoms with Crippen LogP contribution in [0.5, 0.6) is 0 Å². The first-order chi connectivity index (χ1) is 20.4. The fraction of sp³-hybridized carbons (Fsp3) is 0.371. The van der Waals surface area contributed by atoms with Crippen molar-refractivity contribution in [2.75, 3.05) is 37.4 Å². The van der Waals surface area contributed by atoms with Crippen LogP contribution in [0.4, 0.5) is 16.2 Å². The van der Waals surface area contributed by atoms with Gasteiger partial charge in [0, 0.05) is 52.5 Å². The largest absolute Gasteiger partial charge is 0.361 e. The summed E-state index contributed by atoms with van der Waals surface area (Å²) in [6.07, 6.45) is 2.78. The first-order valence-corrected chi connectivity index (χ1v) is 15.3. The molecule has 2 unspecified atom stereocenters. The van der Waals surface area contributed by atoms with Gasteiger partial charge in [0.1, 0.15) is 6.04 Å². The molecule has 0 radical (unpaired) electrons. The number of rotatable bonds is 7. The van der Waals surface area contributed by atoms with Gasteiger partial charge in [0.05, 0.1) is 0 Å². The number of carbonyl (C=O) groups is 2. The highest BCUT2D eigenvalue weighted by Gasteiger charge is 2.37. The Morgan fingerprint density at radius 1 is 1.07 bits per heavy atom. The summed E-state index contributed by atoms with van der Waals surface area (Å²) >= 11 is 6.39. The standard InChI is InChI=1S/C35H42ClN5O2/c1-22(29-19-37-30-10-8-7-9-28(29)30)32(39-34(43)38-27-14-11-25(12-15-27)35(2,3)4)33(42)41-21-23(20-40(5)6)17-24-18-26(36)13-16-31(24)41/h7-16,18-19,22-23,32,37H,17,20-21H2,1-6H3,(H2,38,39,43)/t22?,23-,32?/m1/s1. The van der Waals surface area contributed by atoms with Crippen molar-refractivity contribution in [1.29, 1.82) is 0 Å². The van der Waals surface area contributed by atoms with Gasteiger partial charge in [-0.25, -0.2) is 4.79 Å². The monoisotopic (exact) mass is 599 g/mol. The van der Waals surface area contributed by atoms with Gasteiger partial charge < -0.3 is 25.4 Å². The Morgan fingerprint density at radius 3 is 2.49 bits per heavy atom. The zero-order chi connectivity index (χ0) is 30.9. The van der Waals surface area contributed by atoms with Gasteiger partial charge in [-0.05, 0) is 84.9 Å². The van der Waals surface area contributed by atoms with Crippen LogP contribution < -0.4 is 15.5 Å². The fourth-order valence-electron chi connectivity index (χ4n) is 6.14. The lowest BCUT2D eigenvalue weighted by Gasteiger charge is -2.38. The number of hydrogen-bond acceptors (Lipinski definition) is 3. The van der Waals surface area contributed by atoms with E-state index in [2.05, 4.69) is 41.3 Å². The maximum Gasteiger partial charge on any atom is 0.319 e. The number of hydrogen-bond donors (Lipinski definition) is 3. The number of para-hydroxylation sites is 1. The second-order valence-corrected chi connectivity index (χ2v) is 13.5. The average Bonchev–Trinajstić information content (AvgIpc) is 3.38. The Morgan fingerprint density at radius 2 is 1.79 bits per heavy atom. The van der Waals surface area contributed by atoms with E-state index in [1.807, 2.05) is 98.8 Å². The summed E-state index contributed by atoms with van der Waals surface area (Å²) in [6, 6.07) is 20.3. The molecule has 3 aromatic carbocycles. The SMILES string of the molecule is CC(c1c[nH]c2ccccc12)C(NC(=O)Nc1ccc(C(C)(C)C)cc1)C(=O)N1C[C@@H](CN(C)C)Cc2cc(Cl)ccc21. The summed E-state index contributed by atoms with van der Waals surface area (Å²) in [4.78, 5) is 35.4. The van der Waals surface area contributed by atoms with Crippen LogP contribution in [-0.2, 0) is 16.6 Å². The van der Waals surface area contributed by atoms with Gasteiger partial charge in [-0.3, -0.25) is 4.79 Å². The molecule has 0 fully saturated rings. The van der Waals surface area contributed by atoms with E-state index in [0.29, 0.717) is 17.3 Å². The second-order valence-electron chi connectivity index (χ2n) is 13.0. The lowest BCUT2D eigenvalue weighted by atomic mass is 9.87. The third kappa shape index (κ3) is 6.89.